The predicted octanol–water partition coefficient (Wildman–Crippen LogP) is -1.14. The number of benzene rings is 1. The number of hydrogen-bond acceptors (Lipinski definition) is 13. The maximum absolute atomic E-state index is 14.5. The molecule has 2 aliphatic heterocycles. The highest BCUT2D eigenvalue weighted by molar-refractivity contribution is 9.09. The molecule has 25 nitrogen and oxygen atoms in total. The number of nitrogens with zero attached hydrogens (tertiary/aromatic N) is 2. The third-order valence-electron chi connectivity index (χ3n) is 13.8. The Bertz CT molecular complexity index is 2280. The fourth-order valence-electron chi connectivity index (χ4n) is 9.31. The van der Waals surface area contributed by atoms with Gasteiger partial charge < -0.3 is 69.3 Å². The number of halogens is 1. The van der Waals surface area contributed by atoms with E-state index in [0.29, 0.717) is 50.6 Å². The average Bonchev–Trinajstić information content (AvgIpc) is 4.11. The van der Waals surface area contributed by atoms with E-state index in [4.69, 9.17) is 17.2 Å². The zero-order valence-corrected chi connectivity index (χ0v) is 46.9. The van der Waals surface area contributed by atoms with Crippen molar-refractivity contribution >= 4 is 86.9 Å². The molecule has 10 unspecified atom stereocenters. The number of nitrogens with two attached hydrogens (primary N) is 3. The zero-order valence-electron chi connectivity index (χ0n) is 45.3. The Morgan fingerprint density at radius 2 is 1.15 bits per heavy atom. The molecule has 3 rings (SSSR count). The number of rotatable bonds is 33. The minimum atomic E-state index is -1.62. The van der Waals surface area contributed by atoms with Crippen LogP contribution in [0.15, 0.2) is 30.3 Å². The molecule has 2 heterocycles. The average molecular weight is 1160 g/mol. The van der Waals surface area contributed by atoms with Gasteiger partial charge in [-0.1, -0.05) is 80.4 Å². The fourth-order valence-corrected chi connectivity index (χ4v) is 9.77. The summed E-state index contributed by atoms with van der Waals surface area (Å²) >= 11 is 3.30. The van der Waals surface area contributed by atoms with Gasteiger partial charge in [0.05, 0.1) is 6.42 Å². The van der Waals surface area contributed by atoms with Crippen LogP contribution in [0.3, 0.4) is 0 Å². The molecule has 2 saturated heterocycles. The number of amides is 11. The number of carboxylic acid groups (broad SMARTS) is 1. The van der Waals surface area contributed by atoms with Gasteiger partial charge in [-0.25, -0.2) is 0 Å². The first-order valence-electron chi connectivity index (χ1n) is 26.7. The molecule has 10 atom stereocenters. The molecule has 2 fully saturated rings. The van der Waals surface area contributed by atoms with Gasteiger partial charge in [0, 0.05) is 38.2 Å². The summed E-state index contributed by atoms with van der Waals surface area (Å²) in [5, 5.41) is 27.8. The lowest BCUT2D eigenvalue weighted by Crippen LogP contribution is -2.61. The molecule has 0 spiro atoms. The van der Waals surface area contributed by atoms with Gasteiger partial charge in [-0.05, 0) is 88.2 Å². The molecular formula is C52H81BrN12O13. The first kappa shape index (κ1) is 65.6. The van der Waals surface area contributed by atoms with Crippen LogP contribution in [-0.4, -0.2) is 165 Å². The summed E-state index contributed by atoms with van der Waals surface area (Å²) in [5.74, 6) is -10.1. The van der Waals surface area contributed by atoms with Crippen molar-refractivity contribution < 1.29 is 62.6 Å². The Hall–Kier alpha value is -6.70. The summed E-state index contributed by atoms with van der Waals surface area (Å²) in [6, 6.07) is -2.40. The Morgan fingerprint density at radius 3 is 1.67 bits per heavy atom. The number of carboxylic acids is 1. The first-order chi connectivity index (χ1) is 36.9. The van der Waals surface area contributed by atoms with E-state index in [2.05, 4.69) is 53.1 Å². The molecule has 78 heavy (non-hydrogen) atoms. The molecule has 26 heteroatoms. The molecule has 0 aliphatic carbocycles. The molecule has 434 valence electrons. The topological polar surface area (TPSA) is 394 Å². The van der Waals surface area contributed by atoms with Crippen molar-refractivity contribution in [2.45, 2.75) is 179 Å². The van der Waals surface area contributed by atoms with Gasteiger partial charge in [-0.2, -0.15) is 0 Å². The monoisotopic (exact) mass is 1160 g/mol. The van der Waals surface area contributed by atoms with Gasteiger partial charge >= 0.3 is 5.97 Å². The van der Waals surface area contributed by atoms with Gasteiger partial charge in [0.15, 0.2) is 0 Å². The third kappa shape index (κ3) is 20.9. The largest absolute Gasteiger partial charge is 0.481 e. The standard InChI is InChI=1S/C52H81BrN12O13/c1-6-30(4)43(63-51(77)39-17-12-24-64(39)31(5)66)52(78)65-25-13-18-40(65)50(76)62-38(27-32-14-8-7-9-15-32)49(75)61-37(26-29(2)3)48(74)59-35(21-22-53)47(73)58-34(19-20-41(55)67)46(72)57-33(16-10-11-23-54)45(71)60-36(44(56)70)28-42(68)69/h7-9,14-15,29-30,33-40,43H,6,10-13,16-28,54H2,1-5H3,(H2,55,67)(H2,56,70)(H,57,72)(H,58,73)(H,59,74)(H,60,71)(H,61,75)(H,62,76)(H,63,77)(H,68,69). The maximum atomic E-state index is 14.5. The Morgan fingerprint density at radius 1 is 0.654 bits per heavy atom. The van der Waals surface area contributed by atoms with Crippen molar-refractivity contribution in [1.82, 2.24) is 47.0 Å². The van der Waals surface area contributed by atoms with E-state index in [1.807, 2.05) is 13.8 Å². The number of carbonyl (C=O) groups is 12. The molecule has 0 aromatic heterocycles. The van der Waals surface area contributed by atoms with Crippen molar-refractivity contribution in [3.63, 3.8) is 0 Å². The second-order valence-electron chi connectivity index (χ2n) is 20.4. The summed E-state index contributed by atoms with van der Waals surface area (Å²) in [7, 11) is 0. The summed E-state index contributed by atoms with van der Waals surface area (Å²) in [4.78, 5) is 163. The van der Waals surface area contributed by atoms with Crippen molar-refractivity contribution in [3.05, 3.63) is 35.9 Å². The van der Waals surface area contributed by atoms with Gasteiger partial charge in [0.2, 0.25) is 65.0 Å². The Labute approximate surface area is 463 Å². The van der Waals surface area contributed by atoms with Gasteiger partial charge in [0.25, 0.3) is 0 Å². The number of likely N-dealkylation sites (tertiary alicyclic amines) is 2. The van der Waals surface area contributed by atoms with Gasteiger partial charge in [0.1, 0.15) is 54.4 Å². The van der Waals surface area contributed by atoms with Crippen molar-refractivity contribution in [2.24, 2.45) is 29.0 Å². The molecule has 1 aromatic rings. The number of alkyl halides is 1. The van der Waals surface area contributed by atoms with Crippen LogP contribution in [0.25, 0.3) is 0 Å². The first-order valence-corrected chi connectivity index (χ1v) is 27.8. The predicted molar refractivity (Wildman–Crippen MR) is 289 cm³/mol. The Balaban J connectivity index is 1.87. The van der Waals surface area contributed by atoms with E-state index < -0.39 is 132 Å². The molecule has 1 aromatic carbocycles. The minimum absolute atomic E-state index is 0.0261. The number of primary amides is 2. The van der Waals surface area contributed by atoms with Crippen LogP contribution in [0, 0.1) is 11.8 Å². The molecule has 14 N–H and O–H groups in total. The second kappa shape index (κ2) is 32.9. The van der Waals surface area contributed by atoms with Crippen LogP contribution in [0.4, 0.5) is 0 Å². The number of aliphatic carboxylic acids is 1. The SMILES string of the molecule is CCC(C)C(NC(=O)C1CCCN1C(C)=O)C(=O)N1CCCC1C(=O)NC(Cc1ccccc1)C(=O)NC(CC(C)C)C(=O)NC(CCBr)C(=O)NC(CCC(N)=O)C(=O)NC(CCCCN)C(=O)NC(CC(=O)O)C(N)=O. The molecule has 2 aliphatic rings. The van der Waals surface area contributed by atoms with E-state index in [1.165, 1.54) is 16.7 Å². The smallest absolute Gasteiger partial charge is 0.305 e. The van der Waals surface area contributed by atoms with E-state index >= 15 is 0 Å². The molecule has 11 amide bonds. The number of hydrogen-bond donors (Lipinski definition) is 11. The van der Waals surface area contributed by atoms with E-state index in [9.17, 15) is 62.6 Å². The highest BCUT2D eigenvalue weighted by atomic mass is 79.9. The Kier molecular flexibility index (Phi) is 27.7. The van der Waals surface area contributed by atoms with Crippen LogP contribution < -0.4 is 54.4 Å². The molecular weight excluding hydrogens is 1080 g/mol. The van der Waals surface area contributed by atoms with Crippen molar-refractivity contribution in [2.75, 3.05) is 25.0 Å². The van der Waals surface area contributed by atoms with Gasteiger partial charge in [-0.15, -0.1) is 0 Å². The quantitative estimate of drug-likeness (QED) is 0.0293. The lowest BCUT2D eigenvalue weighted by Gasteiger charge is -2.33. The number of nitrogens with one attached hydrogen (secondary N) is 7. The lowest BCUT2D eigenvalue weighted by atomic mass is 9.96. The van der Waals surface area contributed by atoms with Crippen molar-refractivity contribution in [1.29, 1.82) is 0 Å². The van der Waals surface area contributed by atoms with Crippen LogP contribution in [0.5, 0.6) is 0 Å². The normalized spacial score (nSPS) is 18.2. The molecule has 0 saturated carbocycles. The third-order valence-corrected chi connectivity index (χ3v) is 14.3. The highest BCUT2D eigenvalue weighted by Crippen LogP contribution is 2.24. The summed E-state index contributed by atoms with van der Waals surface area (Å²) in [6.45, 7) is 9.55. The van der Waals surface area contributed by atoms with E-state index in [0.717, 1.165) is 0 Å². The second-order valence-corrected chi connectivity index (χ2v) is 21.2. The van der Waals surface area contributed by atoms with Gasteiger partial charge in [-0.3, -0.25) is 57.5 Å². The molecule has 0 radical (unpaired) electrons. The number of unbranched alkanes of at least 4 members (excludes halogenated alkanes) is 1. The summed E-state index contributed by atoms with van der Waals surface area (Å²) in [5.41, 5.74) is 17.0. The molecule has 0 bridgehead atoms. The highest BCUT2D eigenvalue weighted by Gasteiger charge is 2.43. The summed E-state index contributed by atoms with van der Waals surface area (Å²) < 4.78 is 0. The van der Waals surface area contributed by atoms with E-state index in [1.54, 1.807) is 44.2 Å². The fraction of sp³-hybridized carbons (Fsp3) is 0.654. The van der Waals surface area contributed by atoms with Crippen LogP contribution in [-0.2, 0) is 64.0 Å². The zero-order chi connectivity index (χ0) is 58.2. The van der Waals surface area contributed by atoms with Crippen LogP contribution >= 0.6 is 15.9 Å². The summed E-state index contributed by atoms with van der Waals surface area (Å²) in [6.07, 6.45) is 1.39. The lowest BCUT2D eigenvalue weighted by molar-refractivity contribution is -0.144. The number of carbonyl (C=O) groups excluding carboxylic acids is 11. The van der Waals surface area contributed by atoms with Crippen molar-refractivity contribution in [3.8, 4) is 0 Å². The van der Waals surface area contributed by atoms with Crippen LogP contribution in [0.2, 0.25) is 0 Å². The van der Waals surface area contributed by atoms with Crippen LogP contribution in [0.1, 0.15) is 124 Å². The maximum Gasteiger partial charge on any atom is 0.305 e. The van der Waals surface area contributed by atoms with E-state index in [-0.39, 0.29) is 74.7 Å². The minimum Gasteiger partial charge on any atom is -0.481 e.